The van der Waals surface area contributed by atoms with Crippen LogP contribution < -0.4 is 5.32 Å². The zero-order valence-electron chi connectivity index (χ0n) is 19.0. The second-order valence-corrected chi connectivity index (χ2v) is 10.1. The summed E-state index contributed by atoms with van der Waals surface area (Å²) in [6.45, 7) is 9.11. The zero-order chi connectivity index (χ0) is 22.8. The van der Waals surface area contributed by atoms with Crippen LogP contribution in [0.25, 0.3) is 0 Å². The maximum atomic E-state index is 13.7. The second kappa shape index (κ2) is 9.29. The highest BCUT2D eigenvalue weighted by atomic mass is 32.1. The molecule has 4 nitrogen and oxygen atoms in total. The molecule has 2 aromatic carbocycles. The molecule has 0 bridgehead atoms. The number of benzene rings is 2. The van der Waals surface area contributed by atoms with Crippen LogP contribution in [0.15, 0.2) is 66.0 Å². The summed E-state index contributed by atoms with van der Waals surface area (Å²) in [6.07, 6.45) is 0. The van der Waals surface area contributed by atoms with Gasteiger partial charge in [0.25, 0.3) is 5.91 Å². The molecule has 0 radical (unpaired) electrons. The predicted octanol–water partition coefficient (Wildman–Crippen LogP) is 6.45. The molecule has 5 heteroatoms. The van der Waals surface area contributed by atoms with Crippen LogP contribution >= 0.6 is 11.3 Å². The third kappa shape index (κ3) is 4.35. The Kier molecular flexibility index (Phi) is 6.47. The van der Waals surface area contributed by atoms with Crippen LogP contribution in [0.1, 0.15) is 71.9 Å². The summed E-state index contributed by atoms with van der Waals surface area (Å²) in [5, 5.41) is 5.13. The van der Waals surface area contributed by atoms with Crippen molar-refractivity contribution in [1.82, 2.24) is 4.90 Å². The van der Waals surface area contributed by atoms with E-state index in [0.717, 1.165) is 16.1 Å². The maximum Gasteiger partial charge on any atom is 0.254 e. The van der Waals surface area contributed by atoms with Crippen molar-refractivity contribution in [3.8, 4) is 0 Å². The van der Waals surface area contributed by atoms with E-state index < -0.39 is 5.92 Å². The first-order chi connectivity index (χ1) is 15.4. The lowest BCUT2D eigenvalue weighted by molar-refractivity contribution is -0.119. The lowest BCUT2D eigenvalue weighted by Gasteiger charge is -2.42. The largest absolute Gasteiger partial charge is 0.329 e. The molecule has 0 saturated carbocycles. The average molecular weight is 447 g/mol. The molecule has 1 aliphatic heterocycles. The normalized spacial score (nSPS) is 18.2. The number of nitrogens with zero attached hydrogens (tertiary/aromatic N) is 1. The molecular formula is C27H30N2O2S. The fourth-order valence-electron chi connectivity index (χ4n) is 4.42. The summed E-state index contributed by atoms with van der Waals surface area (Å²) in [7, 11) is 0. The number of thiophene rings is 1. The lowest BCUT2D eigenvalue weighted by atomic mass is 9.81. The van der Waals surface area contributed by atoms with E-state index in [1.165, 1.54) is 5.56 Å². The van der Waals surface area contributed by atoms with Gasteiger partial charge in [0.1, 0.15) is 0 Å². The van der Waals surface area contributed by atoms with Crippen molar-refractivity contribution in [2.45, 2.75) is 45.6 Å². The van der Waals surface area contributed by atoms with E-state index in [9.17, 15) is 9.59 Å². The Morgan fingerprint density at radius 3 is 2.34 bits per heavy atom. The monoisotopic (exact) mass is 446 g/mol. The molecule has 1 aliphatic rings. The molecule has 3 aromatic rings. The first-order valence-corrected chi connectivity index (χ1v) is 12.1. The van der Waals surface area contributed by atoms with Crippen molar-refractivity contribution >= 4 is 28.8 Å². The molecule has 1 N–H and O–H groups in total. The summed E-state index contributed by atoms with van der Waals surface area (Å²) in [5.41, 5.74) is 3.42. The van der Waals surface area contributed by atoms with Gasteiger partial charge in [-0.05, 0) is 52.6 Å². The molecule has 0 spiro atoms. The van der Waals surface area contributed by atoms with Crippen LogP contribution in [0.5, 0.6) is 0 Å². The summed E-state index contributed by atoms with van der Waals surface area (Å²) in [6, 6.07) is 19.3. The van der Waals surface area contributed by atoms with Crippen LogP contribution in [0.3, 0.4) is 0 Å². The number of nitrogens with one attached hydrogen (secondary N) is 1. The smallest absolute Gasteiger partial charge is 0.254 e. The van der Waals surface area contributed by atoms with E-state index in [1.807, 2.05) is 58.8 Å². The molecule has 0 fully saturated rings. The molecule has 4 rings (SSSR count). The van der Waals surface area contributed by atoms with E-state index in [1.54, 1.807) is 11.3 Å². The van der Waals surface area contributed by atoms with Crippen molar-refractivity contribution in [2.24, 2.45) is 5.92 Å². The summed E-state index contributed by atoms with van der Waals surface area (Å²) in [4.78, 5) is 30.2. The number of fused-ring (bicyclic) bond motifs is 1. The average Bonchev–Trinajstić information content (AvgIpc) is 3.30. The topological polar surface area (TPSA) is 49.4 Å². The van der Waals surface area contributed by atoms with E-state index in [0.29, 0.717) is 23.9 Å². The van der Waals surface area contributed by atoms with Gasteiger partial charge in [0.05, 0.1) is 12.0 Å². The molecule has 1 aromatic heterocycles. The third-order valence-electron chi connectivity index (χ3n) is 5.96. The molecule has 2 atom stereocenters. The molecule has 0 saturated heterocycles. The number of carbonyl (C=O) groups is 2. The van der Waals surface area contributed by atoms with E-state index in [-0.39, 0.29) is 17.9 Å². The van der Waals surface area contributed by atoms with Crippen molar-refractivity contribution in [3.63, 3.8) is 0 Å². The number of rotatable bonds is 6. The summed E-state index contributed by atoms with van der Waals surface area (Å²) >= 11 is 1.60. The Labute approximate surface area is 194 Å². The van der Waals surface area contributed by atoms with E-state index >= 15 is 0 Å². The van der Waals surface area contributed by atoms with Gasteiger partial charge in [-0.2, -0.15) is 0 Å². The highest BCUT2D eigenvalue weighted by Gasteiger charge is 2.44. The molecule has 32 heavy (non-hydrogen) atoms. The Hall–Kier alpha value is -2.92. The summed E-state index contributed by atoms with van der Waals surface area (Å²) < 4.78 is 0. The fraction of sp³-hybridized carbons (Fsp3) is 0.333. The van der Waals surface area contributed by atoms with E-state index in [2.05, 4.69) is 45.1 Å². The molecule has 2 heterocycles. The number of hydrogen-bond acceptors (Lipinski definition) is 3. The van der Waals surface area contributed by atoms with Crippen molar-refractivity contribution in [2.75, 3.05) is 11.9 Å². The minimum atomic E-state index is -0.480. The summed E-state index contributed by atoms with van der Waals surface area (Å²) in [5.74, 6) is 0.154. The SMILES string of the molecule is CC(C)CN1C(=O)c2ccccc2[C@@H](C(=O)Nc2ccc(C(C)C)cc2)[C@@H]1c1cccs1. The third-order valence-corrected chi connectivity index (χ3v) is 6.91. The first kappa shape index (κ1) is 22.3. The van der Waals surface area contributed by atoms with Crippen LogP contribution in [0.4, 0.5) is 5.69 Å². The number of amides is 2. The number of carbonyl (C=O) groups excluding carboxylic acids is 2. The Balaban J connectivity index is 1.76. The zero-order valence-corrected chi connectivity index (χ0v) is 19.9. The van der Waals surface area contributed by atoms with Gasteiger partial charge in [0.2, 0.25) is 5.91 Å². The molecule has 2 amide bonds. The van der Waals surface area contributed by atoms with Gasteiger partial charge in [-0.15, -0.1) is 11.3 Å². The lowest BCUT2D eigenvalue weighted by Crippen LogP contribution is -2.47. The second-order valence-electron chi connectivity index (χ2n) is 9.14. The van der Waals surface area contributed by atoms with Crippen LogP contribution in [0, 0.1) is 5.92 Å². The minimum Gasteiger partial charge on any atom is -0.329 e. The van der Waals surface area contributed by atoms with Crippen molar-refractivity contribution in [3.05, 3.63) is 87.6 Å². The van der Waals surface area contributed by atoms with Gasteiger partial charge in [0, 0.05) is 22.7 Å². The van der Waals surface area contributed by atoms with Crippen molar-refractivity contribution < 1.29 is 9.59 Å². The number of hydrogen-bond donors (Lipinski definition) is 1. The molecule has 166 valence electrons. The Morgan fingerprint density at radius 2 is 1.72 bits per heavy atom. The van der Waals surface area contributed by atoms with Gasteiger partial charge in [-0.1, -0.05) is 64.1 Å². The Bertz CT molecular complexity index is 1090. The molecule has 0 unspecified atom stereocenters. The first-order valence-electron chi connectivity index (χ1n) is 11.2. The van der Waals surface area contributed by atoms with Gasteiger partial charge in [0.15, 0.2) is 0 Å². The Morgan fingerprint density at radius 1 is 1.00 bits per heavy atom. The van der Waals surface area contributed by atoms with Crippen molar-refractivity contribution in [1.29, 1.82) is 0 Å². The van der Waals surface area contributed by atoms with E-state index in [4.69, 9.17) is 0 Å². The quantitative estimate of drug-likeness (QED) is 0.473. The number of anilines is 1. The maximum absolute atomic E-state index is 13.7. The van der Waals surface area contributed by atoms with Crippen LogP contribution in [-0.4, -0.2) is 23.3 Å². The van der Waals surface area contributed by atoms with Gasteiger partial charge >= 0.3 is 0 Å². The standard InChI is InChI=1S/C27H30N2O2S/c1-17(2)16-29-25(23-10-7-15-32-23)24(21-8-5-6-9-22(21)27(29)31)26(30)28-20-13-11-19(12-14-20)18(3)4/h5-15,17-18,24-25H,16H2,1-4H3,(H,28,30)/t24-,25+/m1/s1. The highest BCUT2D eigenvalue weighted by molar-refractivity contribution is 7.10. The molecular weight excluding hydrogens is 416 g/mol. The van der Waals surface area contributed by atoms with Gasteiger partial charge in [-0.25, -0.2) is 0 Å². The molecule has 0 aliphatic carbocycles. The predicted molar refractivity (Wildman–Crippen MR) is 131 cm³/mol. The van der Waals surface area contributed by atoms with Crippen LogP contribution in [-0.2, 0) is 4.79 Å². The van der Waals surface area contributed by atoms with Gasteiger partial charge in [-0.3, -0.25) is 9.59 Å². The minimum absolute atomic E-state index is 0.00182. The van der Waals surface area contributed by atoms with Gasteiger partial charge < -0.3 is 10.2 Å². The highest BCUT2D eigenvalue weighted by Crippen LogP contribution is 2.45. The van der Waals surface area contributed by atoms with Crippen LogP contribution in [0.2, 0.25) is 0 Å². The fourth-order valence-corrected chi connectivity index (χ4v) is 5.29.